The summed E-state index contributed by atoms with van der Waals surface area (Å²) in [4.78, 5) is 31.3. The van der Waals surface area contributed by atoms with Crippen LogP contribution in [0.3, 0.4) is 0 Å². The molecule has 1 aromatic heterocycles. The van der Waals surface area contributed by atoms with E-state index in [0.29, 0.717) is 13.1 Å². The molecule has 1 atom stereocenters. The summed E-state index contributed by atoms with van der Waals surface area (Å²) in [5.41, 5.74) is 2.90. The van der Waals surface area contributed by atoms with Gasteiger partial charge in [-0.2, -0.15) is 0 Å². The summed E-state index contributed by atoms with van der Waals surface area (Å²) in [6, 6.07) is 7.94. The zero-order chi connectivity index (χ0) is 20.1. The van der Waals surface area contributed by atoms with Crippen LogP contribution in [0.25, 0.3) is 0 Å². The Hall–Kier alpha value is -2.21. The number of carbonyl (C=O) groups is 2. The molecule has 1 N–H and O–H groups in total. The van der Waals surface area contributed by atoms with E-state index in [4.69, 9.17) is 4.98 Å². The first kappa shape index (κ1) is 20.5. The van der Waals surface area contributed by atoms with Crippen molar-refractivity contribution >= 4 is 23.2 Å². The van der Waals surface area contributed by atoms with Crippen molar-refractivity contribution in [1.82, 2.24) is 15.2 Å². The minimum atomic E-state index is -0.0255. The maximum absolute atomic E-state index is 12.9. The molecule has 150 valence electrons. The standard InChI is InChI=1S/C22H29N3O2S/c1-4-16-7-9-17(10-8-16)22(27)25-11-5-6-18(13-25)21-24-19(14-28-21)12-23-20(26)15(2)3/h7-10,14-15,18H,4-6,11-13H2,1-3H3,(H,23,26)/t18-/m0/s1. The van der Waals surface area contributed by atoms with Gasteiger partial charge in [0.05, 0.1) is 17.2 Å². The number of aromatic nitrogens is 1. The Morgan fingerprint density at radius 3 is 2.71 bits per heavy atom. The van der Waals surface area contributed by atoms with E-state index in [1.54, 1.807) is 11.3 Å². The summed E-state index contributed by atoms with van der Waals surface area (Å²) in [6.45, 7) is 7.85. The predicted molar refractivity (Wildman–Crippen MR) is 112 cm³/mol. The molecule has 2 heterocycles. The van der Waals surface area contributed by atoms with Crippen LogP contribution in [0.5, 0.6) is 0 Å². The number of benzene rings is 1. The van der Waals surface area contributed by atoms with E-state index in [9.17, 15) is 9.59 Å². The van der Waals surface area contributed by atoms with Gasteiger partial charge in [-0.1, -0.05) is 32.9 Å². The number of nitrogens with zero attached hydrogens (tertiary/aromatic N) is 2. The van der Waals surface area contributed by atoms with Crippen molar-refractivity contribution in [1.29, 1.82) is 0 Å². The van der Waals surface area contributed by atoms with E-state index in [-0.39, 0.29) is 23.7 Å². The molecular formula is C22H29N3O2S. The van der Waals surface area contributed by atoms with Gasteiger partial charge < -0.3 is 10.2 Å². The molecule has 1 fully saturated rings. The number of rotatable bonds is 6. The Bertz CT molecular complexity index is 813. The molecule has 1 aliphatic heterocycles. The maximum Gasteiger partial charge on any atom is 0.253 e. The molecule has 0 bridgehead atoms. The van der Waals surface area contributed by atoms with Crippen molar-refractivity contribution in [3.8, 4) is 0 Å². The number of piperidine rings is 1. The summed E-state index contributed by atoms with van der Waals surface area (Å²) in [7, 11) is 0. The third-order valence-electron chi connectivity index (χ3n) is 5.20. The largest absolute Gasteiger partial charge is 0.350 e. The Morgan fingerprint density at radius 1 is 1.29 bits per heavy atom. The minimum absolute atomic E-state index is 0.0255. The van der Waals surface area contributed by atoms with Crippen molar-refractivity contribution in [2.75, 3.05) is 13.1 Å². The molecule has 0 unspecified atom stereocenters. The van der Waals surface area contributed by atoms with Gasteiger partial charge in [0.1, 0.15) is 0 Å². The lowest BCUT2D eigenvalue weighted by molar-refractivity contribution is -0.124. The monoisotopic (exact) mass is 399 g/mol. The number of nitrogens with one attached hydrogen (secondary N) is 1. The quantitative estimate of drug-likeness (QED) is 0.799. The van der Waals surface area contributed by atoms with Crippen molar-refractivity contribution in [2.45, 2.75) is 52.5 Å². The van der Waals surface area contributed by atoms with Crippen LogP contribution in [0.15, 0.2) is 29.6 Å². The van der Waals surface area contributed by atoms with Crippen molar-refractivity contribution < 1.29 is 9.59 Å². The van der Waals surface area contributed by atoms with Crippen LogP contribution in [-0.4, -0.2) is 34.8 Å². The molecule has 0 saturated carbocycles. The first-order valence-corrected chi connectivity index (χ1v) is 11.0. The Labute approximate surface area is 171 Å². The molecular weight excluding hydrogens is 370 g/mol. The van der Waals surface area contributed by atoms with E-state index in [0.717, 1.165) is 42.1 Å². The number of hydrogen-bond acceptors (Lipinski definition) is 4. The number of amides is 2. The van der Waals surface area contributed by atoms with Gasteiger partial charge in [-0.15, -0.1) is 11.3 Å². The number of aryl methyl sites for hydroxylation is 1. The maximum atomic E-state index is 12.9. The zero-order valence-electron chi connectivity index (χ0n) is 16.9. The molecule has 0 radical (unpaired) electrons. The Morgan fingerprint density at radius 2 is 2.04 bits per heavy atom. The number of thiazole rings is 1. The SMILES string of the molecule is CCc1ccc(C(=O)N2CCC[C@H](c3nc(CNC(=O)C(C)C)cs3)C2)cc1. The van der Waals surface area contributed by atoms with Crippen LogP contribution in [0.2, 0.25) is 0 Å². The van der Waals surface area contributed by atoms with E-state index in [2.05, 4.69) is 12.2 Å². The molecule has 1 aliphatic rings. The molecule has 2 amide bonds. The molecule has 0 spiro atoms. The molecule has 5 nitrogen and oxygen atoms in total. The van der Waals surface area contributed by atoms with E-state index >= 15 is 0 Å². The number of carbonyl (C=O) groups excluding carboxylic acids is 2. The summed E-state index contributed by atoms with van der Waals surface area (Å²) < 4.78 is 0. The highest BCUT2D eigenvalue weighted by Gasteiger charge is 2.27. The second kappa shape index (κ2) is 9.32. The van der Waals surface area contributed by atoms with E-state index in [1.807, 2.05) is 48.4 Å². The second-order valence-corrected chi connectivity index (χ2v) is 8.58. The third-order valence-corrected chi connectivity index (χ3v) is 6.26. The fourth-order valence-corrected chi connectivity index (χ4v) is 4.35. The highest BCUT2D eigenvalue weighted by Crippen LogP contribution is 2.30. The number of hydrogen-bond donors (Lipinski definition) is 1. The first-order chi connectivity index (χ1) is 13.5. The van der Waals surface area contributed by atoms with Gasteiger partial charge in [-0.25, -0.2) is 4.98 Å². The lowest BCUT2D eigenvalue weighted by Gasteiger charge is -2.32. The summed E-state index contributed by atoms with van der Waals surface area (Å²) in [5, 5.41) is 5.99. The lowest BCUT2D eigenvalue weighted by Crippen LogP contribution is -2.39. The van der Waals surface area contributed by atoms with Crippen LogP contribution >= 0.6 is 11.3 Å². The van der Waals surface area contributed by atoms with Gasteiger partial charge >= 0.3 is 0 Å². The van der Waals surface area contributed by atoms with Crippen LogP contribution in [-0.2, 0) is 17.8 Å². The fourth-order valence-electron chi connectivity index (χ4n) is 3.40. The molecule has 1 saturated heterocycles. The van der Waals surface area contributed by atoms with Gasteiger partial charge in [0, 0.05) is 35.9 Å². The summed E-state index contributed by atoms with van der Waals surface area (Å²) >= 11 is 1.63. The van der Waals surface area contributed by atoms with E-state index in [1.165, 1.54) is 5.56 Å². The molecule has 6 heteroatoms. The average Bonchev–Trinajstić information content (AvgIpc) is 3.20. The number of likely N-dealkylation sites (tertiary alicyclic amines) is 1. The third kappa shape index (κ3) is 4.98. The Balaban J connectivity index is 1.61. The average molecular weight is 400 g/mol. The lowest BCUT2D eigenvalue weighted by atomic mass is 9.97. The van der Waals surface area contributed by atoms with Crippen LogP contribution < -0.4 is 5.32 Å². The molecule has 0 aliphatic carbocycles. The zero-order valence-corrected chi connectivity index (χ0v) is 17.7. The molecule has 3 rings (SSSR count). The van der Waals surface area contributed by atoms with E-state index < -0.39 is 0 Å². The van der Waals surface area contributed by atoms with Crippen molar-refractivity contribution in [2.24, 2.45) is 5.92 Å². The highest BCUT2D eigenvalue weighted by atomic mass is 32.1. The molecule has 2 aromatic rings. The van der Waals surface area contributed by atoms with Crippen LogP contribution in [0, 0.1) is 5.92 Å². The molecule has 28 heavy (non-hydrogen) atoms. The predicted octanol–water partition coefficient (Wildman–Crippen LogP) is 4.00. The normalized spacial score (nSPS) is 17.0. The first-order valence-electron chi connectivity index (χ1n) is 10.1. The van der Waals surface area contributed by atoms with Crippen LogP contribution in [0.1, 0.15) is 66.2 Å². The van der Waals surface area contributed by atoms with Crippen molar-refractivity contribution in [3.05, 3.63) is 51.5 Å². The topological polar surface area (TPSA) is 62.3 Å². The van der Waals surface area contributed by atoms with Gasteiger partial charge in [0.15, 0.2) is 0 Å². The summed E-state index contributed by atoms with van der Waals surface area (Å²) in [5.74, 6) is 0.390. The van der Waals surface area contributed by atoms with Gasteiger partial charge in [0.2, 0.25) is 5.91 Å². The molecule has 1 aromatic carbocycles. The van der Waals surface area contributed by atoms with Gasteiger partial charge in [0.25, 0.3) is 5.91 Å². The van der Waals surface area contributed by atoms with Gasteiger partial charge in [-0.05, 0) is 37.0 Å². The van der Waals surface area contributed by atoms with Crippen LogP contribution in [0.4, 0.5) is 0 Å². The van der Waals surface area contributed by atoms with Crippen molar-refractivity contribution in [3.63, 3.8) is 0 Å². The Kier molecular flexibility index (Phi) is 6.83. The second-order valence-electron chi connectivity index (χ2n) is 7.69. The van der Waals surface area contributed by atoms with Gasteiger partial charge in [-0.3, -0.25) is 9.59 Å². The smallest absolute Gasteiger partial charge is 0.253 e. The highest BCUT2D eigenvalue weighted by molar-refractivity contribution is 7.09. The minimum Gasteiger partial charge on any atom is -0.350 e. The fraction of sp³-hybridized carbons (Fsp3) is 0.500. The summed E-state index contributed by atoms with van der Waals surface area (Å²) in [6.07, 6.45) is 3.01.